The summed E-state index contributed by atoms with van der Waals surface area (Å²) in [5.41, 5.74) is 1.27. The lowest BCUT2D eigenvalue weighted by atomic mass is 10.1. The van der Waals surface area contributed by atoms with Gasteiger partial charge >= 0.3 is 5.97 Å². The van der Waals surface area contributed by atoms with Crippen LogP contribution < -0.4 is 4.74 Å². The van der Waals surface area contributed by atoms with Crippen LogP contribution in [0, 0.1) is 18.3 Å². The molecular formula is C10H9NO3. The number of ether oxygens (including phenoxy) is 1. The number of nitrogens with zero attached hydrogens (tertiary/aromatic N) is 1. The number of aliphatic carboxylic acids is 1. The molecule has 4 nitrogen and oxygen atoms in total. The van der Waals surface area contributed by atoms with Crippen molar-refractivity contribution in [3.63, 3.8) is 0 Å². The van der Waals surface area contributed by atoms with Gasteiger partial charge in [0.2, 0.25) is 0 Å². The van der Waals surface area contributed by atoms with Gasteiger partial charge in [-0.1, -0.05) is 6.07 Å². The summed E-state index contributed by atoms with van der Waals surface area (Å²) in [4.78, 5) is 10.2. The molecule has 0 atom stereocenters. The SMILES string of the molecule is Cc1ccc(C#N)c(OCC(=O)O)c1. The van der Waals surface area contributed by atoms with E-state index < -0.39 is 12.6 Å². The Bertz CT molecular complexity index is 393. The first-order valence-electron chi connectivity index (χ1n) is 3.99. The van der Waals surface area contributed by atoms with E-state index in [1.807, 2.05) is 13.0 Å². The van der Waals surface area contributed by atoms with E-state index in [0.29, 0.717) is 11.3 Å². The molecule has 0 heterocycles. The Labute approximate surface area is 81.4 Å². The predicted molar refractivity (Wildman–Crippen MR) is 49.0 cm³/mol. The molecule has 14 heavy (non-hydrogen) atoms. The zero-order valence-corrected chi connectivity index (χ0v) is 7.65. The molecule has 0 aliphatic carbocycles. The highest BCUT2D eigenvalue weighted by Crippen LogP contribution is 2.18. The molecule has 1 aromatic rings. The van der Waals surface area contributed by atoms with Crippen molar-refractivity contribution < 1.29 is 14.6 Å². The molecular weight excluding hydrogens is 182 g/mol. The minimum atomic E-state index is -1.06. The number of hydrogen-bond donors (Lipinski definition) is 1. The Kier molecular flexibility index (Phi) is 3.08. The first-order valence-corrected chi connectivity index (χ1v) is 3.99. The molecule has 0 fully saturated rings. The van der Waals surface area contributed by atoms with Gasteiger partial charge in [-0.25, -0.2) is 4.79 Å². The fraction of sp³-hybridized carbons (Fsp3) is 0.200. The van der Waals surface area contributed by atoms with Crippen LogP contribution in [0.1, 0.15) is 11.1 Å². The maximum atomic E-state index is 10.2. The van der Waals surface area contributed by atoms with Gasteiger partial charge in [-0.15, -0.1) is 0 Å². The van der Waals surface area contributed by atoms with Crippen LogP contribution in [0.15, 0.2) is 18.2 Å². The van der Waals surface area contributed by atoms with Gasteiger partial charge in [0.1, 0.15) is 11.8 Å². The molecule has 0 aromatic heterocycles. The minimum absolute atomic E-state index is 0.315. The van der Waals surface area contributed by atoms with Crippen molar-refractivity contribution in [2.45, 2.75) is 6.92 Å². The van der Waals surface area contributed by atoms with E-state index >= 15 is 0 Å². The number of carbonyl (C=O) groups is 1. The second-order valence-corrected chi connectivity index (χ2v) is 2.79. The van der Waals surface area contributed by atoms with Gasteiger partial charge in [0.05, 0.1) is 5.56 Å². The van der Waals surface area contributed by atoms with Gasteiger partial charge in [0, 0.05) is 0 Å². The number of rotatable bonds is 3. The number of carboxylic acid groups (broad SMARTS) is 1. The molecule has 0 aliphatic heterocycles. The van der Waals surface area contributed by atoms with Crippen molar-refractivity contribution in [2.24, 2.45) is 0 Å². The van der Waals surface area contributed by atoms with Crippen molar-refractivity contribution in [1.29, 1.82) is 5.26 Å². The van der Waals surface area contributed by atoms with Crippen LogP contribution in [-0.2, 0) is 4.79 Å². The van der Waals surface area contributed by atoms with E-state index in [9.17, 15) is 4.79 Å². The highest BCUT2D eigenvalue weighted by Gasteiger charge is 2.05. The first-order chi connectivity index (χ1) is 6.63. The molecule has 4 heteroatoms. The Balaban J connectivity index is 2.89. The lowest BCUT2D eigenvalue weighted by molar-refractivity contribution is -0.139. The van der Waals surface area contributed by atoms with Gasteiger partial charge in [0.15, 0.2) is 6.61 Å². The smallest absolute Gasteiger partial charge is 0.341 e. The summed E-state index contributed by atoms with van der Waals surface area (Å²) in [7, 11) is 0. The van der Waals surface area contributed by atoms with Crippen LogP contribution in [0.2, 0.25) is 0 Å². The van der Waals surface area contributed by atoms with Crippen molar-refractivity contribution in [3.8, 4) is 11.8 Å². The van der Waals surface area contributed by atoms with E-state index in [2.05, 4.69) is 0 Å². The lowest BCUT2D eigenvalue weighted by Crippen LogP contribution is -2.10. The van der Waals surface area contributed by atoms with Crippen molar-refractivity contribution in [1.82, 2.24) is 0 Å². The van der Waals surface area contributed by atoms with Crippen LogP contribution >= 0.6 is 0 Å². The summed E-state index contributed by atoms with van der Waals surface area (Å²) in [6.07, 6.45) is 0. The number of hydrogen-bond acceptors (Lipinski definition) is 3. The Hall–Kier alpha value is -2.02. The summed E-state index contributed by atoms with van der Waals surface area (Å²) < 4.78 is 4.95. The van der Waals surface area contributed by atoms with Crippen LogP contribution in [0.4, 0.5) is 0 Å². The third kappa shape index (κ3) is 2.49. The molecule has 1 rings (SSSR count). The van der Waals surface area contributed by atoms with Crippen LogP contribution in [-0.4, -0.2) is 17.7 Å². The fourth-order valence-electron chi connectivity index (χ4n) is 0.981. The summed E-state index contributed by atoms with van der Waals surface area (Å²) in [5.74, 6) is -0.745. The standard InChI is InChI=1S/C10H9NO3/c1-7-2-3-8(5-11)9(4-7)14-6-10(12)13/h2-4H,6H2,1H3,(H,12,13). The monoisotopic (exact) mass is 191 g/mol. The molecule has 1 N–H and O–H groups in total. The van der Waals surface area contributed by atoms with Gasteiger partial charge in [0.25, 0.3) is 0 Å². The summed E-state index contributed by atoms with van der Waals surface area (Å²) in [6, 6.07) is 6.94. The van der Waals surface area contributed by atoms with Crippen LogP contribution in [0.5, 0.6) is 5.75 Å². The Morgan fingerprint density at radius 1 is 1.64 bits per heavy atom. The normalized spacial score (nSPS) is 9.14. The van der Waals surface area contributed by atoms with Gasteiger partial charge in [-0.3, -0.25) is 0 Å². The molecule has 0 unspecified atom stereocenters. The molecule has 72 valence electrons. The summed E-state index contributed by atoms with van der Waals surface area (Å²) in [5, 5.41) is 17.1. The third-order valence-corrected chi connectivity index (χ3v) is 1.61. The van der Waals surface area contributed by atoms with Crippen molar-refractivity contribution >= 4 is 5.97 Å². The second kappa shape index (κ2) is 4.28. The molecule has 0 bridgehead atoms. The Morgan fingerprint density at radius 3 is 2.93 bits per heavy atom. The van der Waals surface area contributed by atoms with E-state index in [4.69, 9.17) is 15.1 Å². The summed E-state index contributed by atoms with van der Waals surface area (Å²) >= 11 is 0. The topological polar surface area (TPSA) is 70.3 Å². The highest BCUT2D eigenvalue weighted by atomic mass is 16.5. The van der Waals surface area contributed by atoms with E-state index in [1.165, 1.54) is 0 Å². The van der Waals surface area contributed by atoms with Crippen LogP contribution in [0.25, 0.3) is 0 Å². The third-order valence-electron chi connectivity index (χ3n) is 1.61. The highest BCUT2D eigenvalue weighted by molar-refractivity contribution is 5.68. The van der Waals surface area contributed by atoms with Crippen molar-refractivity contribution in [3.05, 3.63) is 29.3 Å². The molecule has 0 amide bonds. The van der Waals surface area contributed by atoms with Gasteiger partial charge < -0.3 is 9.84 Å². The average molecular weight is 191 g/mol. The number of benzene rings is 1. The number of carboxylic acids is 1. The molecule has 0 aliphatic rings. The van der Waals surface area contributed by atoms with Crippen molar-refractivity contribution in [2.75, 3.05) is 6.61 Å². The van der Waals surface area contributed by atoms with E-state index in [1.54, 1.807) is 18.2 Å². The van der Waals surface area contributed by atoms with E-state index in [-0.39, 0.29) is 0 Å². The lowest BCUT2D eigenvalue weighted by Gasteiger charge is -2.05. The zero-order chi connectivity index (χ0) is 10.6. The second-order valence-electron chi connectivity index (χ2n) is 2.79. The fourth-order valence-corrected chi connectivity index (χ4v) is 0.981. The maximum absolute atomic E-state index is 10.2. The molecule has 0 spiro atoms. The molecule has 0 saturated carbocycles. The van der Waals surface area contributed by atoms with Gasteiger partial charge in [-0.2, -0.15) is 5.26 Å². The first kappa shape index (κ1) is 10.1. The molecule has 0 radical (unpaired) electrons. The number of nitriles is 1. The predicted octanol–water partition coefficient (Wildman–Crippen LogP) is 1.33. The maximum Gasteiger partial charge on any atom is 0.341 e. The zero-order valence-electron chi connectivity index (χ0n) is 7.65. The Morgan fingerprint density at radius 2 is 2.36 bits per heavy atom. The van der Waals surface area contributed by atoms with E-state index in [0.717, 1.165) is 5.56 Å². The van der Waals surface area contributed by atoms with Gasteiger partial charge in [-0.05, 0) is 24.6 Å². The molecule has 0 saturated heterocycles. The molecule has 1 aromatic carbocycles. The van der Waals surface area contributed by atoms with Crippen LogP contribution in [0.3, 0.4) is 0 Å². The average Bonchev–Trinajstić information content (AvgIpc) is 2.15. The quantitative estimate of drug-likeness (QED) is 0.782. The summed E-state index contributed by atoms with van der Waals surface area (Å²) in [6.45, 7) is 1.41. The minimum Gasteiger partial charge on any atom is -0.481 e. The number of aryl methyl sites for hydroxylation is 1. The largest absolute Gasteiger partial charge is 0.481 e.